The number of rotatable bonds is 6. The third kappa shape index (κ3) is 4.26. The molecule has 0 unspecified atom stereocenters. The van der Waals surface area contributed by atoms with Gasteiger partial charge in [-0.3, -0.25) is 0 Å². The summed E-state index contributed by atoms with van der Waals surface area (Å²) in [5.41, 5.74) is 1.25. The predicted octanol–water partition coefficient (Wildman–Crippen LogP) is 0.575. The fourth-order valence-electron chi connectivity index (χ4n) is 4.92. The molecule has 1 saturated heterocycles. The van der Waals surface area contributed by atoms with Gasteiger partial charge in [-0.1, -0.05) is 13.3 Å². The van der Waals surface area contributed by atoms with Crippen LogP contribution in [0, 0.1) is 5.92 Å². The SMILES string of the molecule is COc1cc(C[NH+]2CC[NH+]([C@@H]3CCCC[C@H]3C)CC2)cc(OC)c1OC. The van der Waals surface area contributed by atoms with E-state index in [1.165, 1.54) is 57.4 Å². The molecule has 2 N–H and O–H groups in total. The molecule has 1 aromatic carbocycles. The minimum atomic E-state index is 0.675. The summed E-state index contributed by atoms with van der Waals surface area (Å²) in [6, 6.07) is 5.08. The van der Waals surface area contributed by atoms with Crippen LogP contribution < -0.4 is 24.0 Å². The van der Waals surface area contributed by atoms with Gasteiger partial charge in [-0.05, 0) is 31.4 Å². The molecule has 5 heteroatoms. The topological polar surface area (TPSA) is 36.6 Å². The first-order chi connectivity index (χ1) is 12.7. The molecule has 1 saturated carbocycles. The van der Waals surface area contributed by atoms with Crippen LogP contribution in [0.2, 0.25) is 0 Å². The Bertz CT molecular complexity index is 560. The Hall–Kier alpha value is -1.46. The van der Waals surface area contributed by atoms with E-state index in [0.29, 0.717) is 5.75 Å². The molecule has 2 atom stereocenters. The lowest BCUT2D eigenvalue weighted by molar-refractivity contribution is -1.03. The van der Waals surface area contributed by atoms with Crippen molar-refractivity contribution in [2.75, 3.05) is 47.5 Å². The standard InChI is InChI=1S/C21H34N2O3/c1-16-7-5-6-8-18(16)23-11-9-22(10-12-23)15-17-13-19(24-2)21(26-4)20(14-17)25-3/h13-14,16,18H,5-12,15H2,1-4H3/p+2/t16-,18-/m1/s1. The Morgan fingerprint density at radius 2 is 1.50 bits per heavy atom. The number of quaternary nitrogens is 2. The molecule has 0 bridgehead atoms. The Morgan fingerprint density at radius 3 is 2.04 bits per heavy atom. The monoisotopic (exact) mass is 364 g/mol. The first kappa shape index (κ1) is 19.3. The molecule has 1 aliphatic carbocycles. The van der Waals surface area contributed by atoms with E-state index in [1.807, 2.05) is 4.90 Å². The van der Waals surface area contributed by atoms with Crippen LogP contribution in [-0.2, 0) is 6.54 Å². The van der Waals surface area contributed by atoms with Gasteiger partial charge in [-0.15, -0.1) is 0 Å². The van der Waals surface area contributed by atoms with Gasteiger partial charge in [0.15, 0.2) is 11.5 Å². The zero-order valence-electron chi connectivity index (χ0n) is 16.9. The molecule has 1 heterocycles. The van der Waals surface area contributed by atoms with Crippen molar-refractivity contribution in [1.29, 1.82) is 0 Å². The van der Waals surface area contributed by atoms with Crippen molar-refractivity contribution in [3.8, 4) is 17.2 Å². The van der Waals surface area contributed by atoms with Crippen LogP contribution in [0.3, 0.4) is 0 Å². The average Bonchev–Trinajstić information content (AvgIpc) is 2.68. The maximum Gasteiger partial charge on any atom is 0.203 e. The molecule has 5 nitrogen and oxygen atoms in total. The van der Waals surface area contributed by atoms with Crippen LogP contribution in [0.4, 0.5) is 0 Å². The smallest absolute Gasteiger partial charge is 0.203 e. The second kappa shape index (κ2) is 8.96. The van der Waals surface area contributed by atoms with E-state index in [-0.39, 0.29) is 0 Å². The predicted molar refractivity (Wildman–Crippen MR) is 103 cm³/mol. The molecule has 1 aromatic rings. The van der Waals surface area contributed by atoms with Gasteiger partial charge in [0.1, 0.15) is 32.7 Å². The fraction of sp³-hybridized carbons (Fsp3) is 0.714. The highest BCUT2D eigenvalue weighted by Crippen LogP contribution is 2.38. The Kier molecular flexibility index (Phi) is 6.65. The maximum atomic E-state index is 5.50. The number of nitrogens with one attached hydrogen (secondary N) is 2. The van der Waals surface area contributed by atoms with E-state index in [4.69, 9.17) is 14.2 Å². The first-order valence-electron chi connectivity index (χ1n) is 10.1. The van der Waals surface area contributed by atoms with E-state index in [1.54, 1.807) is 26.2 Å². The molecule has 26 heavy (non-hydrogen) atoms. The van der Waals surface area contributed by atoms with Crippen molar-refractivity contribution in [2.45, 2.75) is 45.2 Å². The first-order valence-corrected chi connectivity index (χ1v) is 10.1. The number of benzene rings is 1. The number of hydrogen-bond acceptors (Lipinski definition) is 3. The summed E-state index contributed by atoms with van der Waals surface area (Å²) in [6.45, 7) is 8.57. The Balaban J connectivity index is 1.60. The number of hydrogen-bond donors (Lipinski definition) is 2. The van der Waals surface area contributed by atoms with Gasteiger partial charge in [0.2, 0.25) is 5.75 Å². The molecular formula is C21H36N2O3+2. The highest BCUT2D eigenvalue weighted by molar-refractivity contribution is 5.53. The van der Waals surface area contributed by atoms with E-state index in [0.717, 1.165) is 30.0 Å². The van der Waals surface area contributed by atoms with Gasteiger partial charge in [-0.25, -0.2) is 0 Å². The maximum absolute atomic E-state index is 5.50. The third-order valence-electron chi connectivity index (χ3n) is 6.41. The van der Waals surface area contributed by atoms with Crippen molar-refractivity contribution < 1.29 is 24.0 Å². The lowest BCUT2D eigenvalue weighted by atomic mass is 9.84. The normalized spacial score (nSPS) is 29.2. The molecule has 146 valence electrons. The molecule has 0 radical (unpaired) electrons. The second-order valence-corrected chi connectivity index (χ2v) is 7.99. The van der Waals surface area contributed by atoms with Crippen LogP contribution >= 0.6 is 0 Å². The quantitative estimate of drug-likeness (QED) is 0.775. The van der Waals surface area contributed by atoms with Crippen molar-refractivity contribution >= 4 is 0 Å². The summed E-state index contributed by atoms with van der Waals surface area (Å²) >= 11 is 0. The summed E-state index contributed by atoms with van der Waals surface area (Å²) in [6.07, 6.45) is 5.72. The molecule has 0 aromatic heterocycles. The van der Waals surface area contributed by atoms with E-state index >= 15 is 0 Å². The highest BCUT2D eigenvalue weighted by atomic mass is 16.5. The van der Waals surface area contributed by atoms with E-state index < -0.39 is 0 Å². The molecule has 2 aliphatic rings. The largest absolute Gasteiger partial charge is 0.493 e. The average molecular weight is 365 g/mol. The minimum absolute atomic E-state index is 0.675. The summed E-state index contributed by atoms with van der Waals surface area (Å²) in [4.78, 5) is 3.51. The number of methoxy groups -OCH3 is 3. The van der Waals surface area contributed by atoms with Crippen molar-refractivity contribution in [3.63, 3.8) is 0 Å². The molecule has 3 rings (SSSR count). The van der Waals surface area contributed by atoms with Crippen molar-refractivity contribution in [3.05, 3.63) is 17.7 Å². The zero-order valence-corrected chi connectivity index (χ0v) is 16.9. The number of ether oxygens (including phenoxy) is 3. The molecular weight excluding hydrogens is 328 g/mol. The van der Waals surface area contributed by atoms with E-state index in [9.17, 15) is 0 Å². The molecule has 0 amide bonds. The van der Waals surface area contributed by atoms with Crippen molar-refractivity contribution in [1.82, 2.24) is 0 Å². The van der Waals surface area contributed by atoms with E-state index in [2.05, 4.69) is 19.1 Å². The Labute approximate surface area is 158 Å². The minimum Gasteiger partial charge on any atom is -0.493 e. The third-order valence-corrected chi connectivity index (χ3v) is 6.41. The summed E-state index contributed by atoms with van der Waals surface area (Å²) in [5.74, 6) is 3.08. The van der Waals surface area contributed by atoms with Crippen LogP contribution in [-0.4, -0.2) is 53.6 Å². The van der Waals surface area contributed by atoms with Crippen molar-refractivity contribution in [2.24, 2.45) is 5.92 Å². The summed E-state index contributed by atoms with van der Waals surface area (Å²) in [5, 5.41) is 0. The fourth-order valence-corrected chi connectivity index (χ4v) is 4.92. The van der Waals surface area contributed by atoms with Gasteiger partial charge in [0, 0.05) is 11.5 Å². The molecule has 1 aliphatic heterocycles. The summed E-state index contributed by atoms with van der Waals surface area (Å²) < 4.78 is 16.4. The van der Waals surface area contributed by atoms with Gasteiger partial charge < -0.3 is 24.0 Å². The van der Waals surface area contributed by atoms with Crippen LogP contribution in [0.5, 0.6) is 17.2 Å². The second-order valence-electron chi connectivity index (χ2n) is 7.99. The number of piperazine rings is 1. The lowest BCUT2D eigenvalue weighted by Gasteiger charge is -2.39. The van der Waals surface area contributed by atoms with Gasteiger partial charge >= 0.3 is 0 Å². The molecule has 2 fully saturated rings. The van der Waals surface area contributed by atoms with Gasteiger partial charge in [-0.2, -0.15) is 0 Å². The van der Waals surface area contributed by atoms with Gasteiger partial charge in [0.05, 0.1) is 27.4 Å². The lowest BCUT2D eigenvalue weighted by Crippen LogP contribution is -3.29. The summed E-state index contributed by atoms with van der Waals surface area (Å²) in [7, 11) is 5.02. The molecule has 0 spiro atoms. The Morgan fingerprint density at radius 1 is 0.885 bits per heavy atom. The van der Waals surface area contributed by atoms with Crippen LogP contribution in [0.1, 0.15) is 38.2 Å². The van der Waals surface area contributed by atoms with Crippen LogP contribution in [0.25, 0.3) is 0 Å². The van der Waals surface area contributed by atoms with Crippen LogP contribution in [0.15, 0.2) is 12.1 Å². The van der Waals surface area contributed by atoms with Gasteiger partial charge in [0.25, 0.3) is 0 Å². The zero-order chi connectivity index (χ0) is 18.5. The highest BCUT2D eigenvalue weighted by Gasteiger charge is 2.34.